The molecule has 2 fully saturated rings. The third kappa shape index (κ3) is 5.03. The summed E-state index contributed by atoms with van der Waals surface area (Å²) in [5.74, 6) is 0.311. The van der Waals surface area contributed by atoms with Crippen LogP contribution >= 0.6 is 0 Å². The monoisotopic (exact) mass is 492 g/mol. The van der Waals surface area contributed by atoms with Crippen LogP contribution in [0.3, 0.4) is 0 Å². The Balaban J connectivity index is 1.37. The topological polar surface area (TPSA) is 108 Å². The van der Waals surface area contributed by atoms with E-state index in [1.54, 1.807) is 12.3 Å². The van der Waals surface area contributed by atoms with Gasteiger partial charge in [-0.2, -0.15) is 5.10 Å². The van der Waals surface area contributed by atoms with Gasteiger partial charge in [0.15, 0.2) is 5.88 Å². The highest BCUT2D eigenvalue weighted by molar-refractivity contribution is 6.14. The van der Waals surface area contributed by atoms with E-state index >= 15 is 0 Å². The number of nitrogens with zero attached hydrogens (tertiary/aromatic N) is 4. The van der Waals surface area contributed by atoms with Gasteiger partial charge in [0.2, 0.25) is 0 Å². The van der Waals surface area contributed by atoms with Crippen LogP contribution in [0.1, 0.15) is 62.0 Å². The maximum atomic E-state index is 12.7. The number of nitrogens with one attached hydrogen (secondary N) is 2. The minimum Gasteiger partial charge on any atom is -0.494 e. The van der Waals surface area contributed by atoms with Gasteiger partial charge in [0.1, 0.15) is 5.69 Å². The van der Waals surface area contributed by atoms with E-state index in [4.69, 9.17) is 9.73 Å². The zero-order valence-corrected chi connectivity index (χ0v) is 21.3. The van der Waals surface area contributed by atoms with E-state index in [-0.39, 0.29) is 11.8 Å². The highest BCUT2D eigenvalue weighted by atomic mass is 16.5. The molecule has 3 N–H and O–H groups in total. The number of aliphatic imine (C=N–C) groups is 1. The molecule has 4 heterocycles. The summed E-state index contributed by atoms with van der Waals surface area (Å²) >= 11 is 0. The van der Waals surface area contributed by atoms with Gasteiger partial charge in [0, 0.05) is 48.1 Å². The molecular weight excluding hydrogens is 456 g/mol. The summed E-state index contributed by atoms with van der Waals surface area (Å²) in [6.45, 7) is 10.6. The Morgan fingerprint density at radius 3 is 2.75 bits per heavy atom. The highest BCUT2D eigenvalue weighted by Gasteiger charge is 2.23. The molecule has 1 amide bonds. The lowest BCUT2D eigenvalue weighted by Crippen LogP contribution is -2.39. The number of fused-ring (bicyclic) bond motifs is 1. The van der Waals surface area contributed by atoms with E-state index in [1.165, 1.54) is 0 Å². The maximum Gasteiger partial charge on any atom is 0.251 e. The van der Waals surface area contributed by atoms with Crippen molar-refractivity contribution >= 4 is 28.2 Å². The first-order chi connectivity index (χ1) is 17.4. The fourth-order valence-corrected chi connectivity index (χ4v) is 5.07. The summed E-state index contributed by atoms with van der Waals surface area (Å²) in [4.78, 5) is 23.1. The van der Waals surface area contributed by atoms with Gasteiger partial charge in [-0.05, 0) is 51.3 Å². The van der Waals surface area contributed by atoms with E-state index in [1.807, 2.05) is 29.9 Å². The fraction of sp³-hybridized carbons (Fsp3) is 0.519. The molecule has 0 aliphatic carbocycles. The van der Waals surface area contributed by atoms with Crippen molar-refractivity contribution in [2.24, 2.45) is 10.9 Å². The number of likely N-dealkylation sites (tertiary alicyclic amines) is 1. The van der Waals surface area contributed by atoms with E-state index in [0.717, 1.165) is 48.2 Å². The molecule has 5 rings (SSSR count). The summed E-state index contributed by atoms with van der Waals surface area (Å²) in [5.41, 5.74) is 3.47. The number of hydrogen-bond acceptors (Lipinski definition) is 6. The molecule has 0 radical (unpaired) electrons. The second-order valence-electron chi connectivity index (χ2n) is 10.2. The van der Waals surface area contributed by atoms with Crippen LogP contribution in [0.5, 0.6) is 5.88 Å². The van der Waals surface area contributed by atoms with Gasteiger partial charge >= 0.3 is 0 Å². The number of hydrogen-bond donors (Lipinski definition) is 3. The number of H-pyrrole nitrogens is 1. The quantitative estimate of drug-likeness (QED) is 0.412. The summed E-state index contributed by atoms with van der Waals surface area (Å²) in [5, 5.41) is 19.1. The minimum atomic E-state index is -0.129. The van der Waals surface area contributed by atoms with Crippen molar-refractivity contribution in [2.45, 2.75) is 52.1 Å². The van der Waals surface area contributed by atoms with Crippen LogP contribution in [0.4, 0.5) is 5.69 Å². The molecule has 2 saturated heterocycles. The lowest BCUT2D eigenvalue weighted by Gasteiger charge is -2.34. The summed E-state index contributed by atoms with van der Waals surface area (Å²) in [7, 11) is 0. The Hall–Kier alpha value is -3.17. The zero-order valence-electron chi connectivity index (χ0n) is 21.3. The first-order valence-electron chi connectivity index (χ1n) is 13.0. The number of rotatable bonds is 8. The molecule has 0 unspecified atom stereocenters. The van der Waals surface area contributed by atoms with Crippen LogP contribution in [0.15, 0.2) is 35.6 Å². The molecule has 0 spiro atoms. The number of carbonyl (C=O) groups is 1. The third-order valence-electron chi connectivity index (χ3n) is 7.38. The van der Waals surface area contributed by atoms with Gasteiger partial charge < -0.3 is 25.0 Å². The predicted molar refractivity (Wildman–Crippen MR) is 140 cm³/mol. The molecule has 2 aliphatic rings. The van der Waals surface area contributed by atoms with Gasteiger partial charge in [-0.3, -0.25) is 9.48 Å². The number of piperidine rings is 1. The van der Waals surface area contributed by atoms with Gasteiger partial charge in [-0.1, -0.05) is 6.92 Å². The van der Waals surface area contributed by atoms with Crippen molar-refractivity contribution in [3.05, 3.63) is 41.7 Å². The Labute approximate surface area is 211 Å². The second kappa shape index (κ2) is 10.4. The largest absolute Gasteiger partial charge is 0.494 e. The van der Waals surface area contributed by atoms with Crippen LogP contribution < -0.4 is 5.32 Å². The first-order valence-corrected chi connectivity index (χ1v) is 13.0. The molecule has 3 aromatic rings. The smallest absolute Gasteiger partial charge is 0.251 e. The van der Waals surface area contributed by atoms with Gasteiger partial charge in [-0.15, -0.1) is 0 Å². The van der Waals surface area contributed by atoms with Gasteiger partial charge in [0.25, 0.3) is 5.91 Å². The standard InChI is InChI=1S/C27H36N6O3/c1-4-23(30-20-13-29-33(14-20)21-7-9-32(10-8-21)17(2)3)25-22-11-19(5-6-24(22)31-27(25)35)26(34)28-12-18-15-36-16-18/h5-6,11,13-14,17-18,21,31,35H,4,7-10,12,15-16H2,1-3H3,(H,28,34). The number of ether oxygens (including phenoxy) is 1. The number of amides is 1. The molecule has 0 saturated carbocycles. The fourth-order valence-electron chi connectivity index (χ4n) is 5.07. The molecule has 2 aromatic heterocycles. The maximum absolute atomic E-state index is 12.7. The van der Waals surface area contributed by atoms with Crippen LogP contribution in [-0.4, -0.2) is 75.3 Å². The molecule has 1 aromatic carbocycles. The van der Waals surface area contributed by atoms with Crippen LogP contribution in [-0.2, 0) is 4.74 Å². The zero-order chi connectivity index (χ0) is 25.2. The number of aromatic nitrogens is 3. The molecule has 36 heavy (non-hydrogen) atoms. The number of carbonyl (C=O) groups excluding carboxylic acids is 1. The SMILES string of the molecule is CCC(=Nc1cnn(C2CCN(C(C)C)CC2)c1)c1c(O)[nH]c2ccc(C(=O)NCC3COC3)cc12. The average Bonchev–Trinajstić information content (AvgIpc) is 3.44. The average molecular weight is 493 g/mol. The van der Waals surface area contributed by atoms with E-state index < -0.39 is 0 Å². The predicted octanol–water partition coefficient (Wildman–Crippen LogP) is 4.02. The Kier molecular flexibility index (Phi) is 7.11. The van der Waals surface area contributed by atoms with Crippen molar-refractivity contribution in [3.63, 3.8) is 0 Å². The number of aromatic amines is 1. The second-order valence-corrected chi connectivity index (χ2v) is 10.2. The Morgan fingerprint density at radius 2 is 2.08 bits per heavy atom. The summed E-state index contributed by atoms with van der Waals surface area (Å²) < 4.78 is 7.22. The van der Waals surface area contributed by atoms with E-state index in [0.29, 0.717) is 55.3 Å². The summed E-state index contributed by atoms with van der Waals surface area (Å²) in [6.07, 6.45) is 6.56. The Bertz CT molecular complexity index is 1250. The van der Waals surface area contributed by atoms with Crippen molar-refractivity contribution < 1.29 is 14.6 Å². The van der Waals surface area contributed by atoms with E-state index in [9.17, 15) is 9.90 Å². The van der Waals surface area contributed by atoms with Crippen LogP contribution in [0, 0.1) is 5.92 Å². The van der Waals surface area contributed by atoms with Gasteiger partial charge in [-0.25, -0.2) is 4.99 Å². The van der Waals surface area contributed by atoms with E-state index in [2.05, 4.69) is 34.1 Å². The van der Waals surface area contributed by atoms with Crippen molar-refractivity contribution in [2.75, 3.05) is 32.8 Å². The normalized spacial score (nSPS) is 18.2. The third-order valence-corrected chi connectivity index (χ3v) is 7.38. The summed E-state index contributed by atoms with van der Waals surface area (Å²) in [6, 6.07) is 6.37. The molecule has 0 bridgehead atoms. The number of aromatic hydroxyl groups is 1. The minimum absolute atomic E-state index is 0.0585. The molecular formula is C27H36N6O3. The number of benzene rings is 1. The lowest BCUT2D eigenvalue weighted by atomic mass is 10.0. The highest BCUT2D eigenvalue weighted by Crippen LogP contribution is 2.31. The molecule has 9 nitrogen and oxygen atoms in total. The Morgan fingerprint density at radius 1 is 1.31 bits per heavy atom. The molecule has 0 atom stereocenters. The molecule has 192 valence electrons. The van der Waals surface area contributed by atoms with Crippen molar-refractivity contribution in [3.8, 4) is 5.88 Å². The van der Waals surface area contributed by atoms with Crippen molar-refractivity contribution in [1.82, 2.24) is 25.0 Å². The van der Waals surface area contributed by atoms with Crippen LogP contribution in [0.2, 0.25) is 0 Å². The van der Waals surface area contributed by atoms with Gasteiger partial charge in [0.05, 0.1) is 42.9 Å². The lowest BCUT2D eigenvalue weighted by molar-refractivity contribution is -0.0298. The molecule has 2 aliphatic heterocycles. The molecule has 9 heteroatoms. The van der Waals surface area contributed by atoms with Crippen molar-refractivity contribution in [1.29, 1.82) is 0 Å². The first kappa shape index (κ1) is 24.5. The van der Waals surface area contributed by atoms with Crippen LogP contribution in [0.25, 0.3) is 10.9 Å².